The molecule has 0 unspecified atom stereocenters. The summed E-state index contributed by atoms with van der Waals surface area (Å²) in [5, 5.41) is 4.59. The first-order valence-electron chi connectivity index (χ1n) is 18.7. The van der Waals surface area contributed by atoms with Gasteiger partial charge in [-0.1, -0.05) is 158 Å². The Labute approximate surface area is 327 Å². The minimum absolute atomic E-state index is 0.567. The van der Waals surface area contributed by atoms with Crippen LogP contribution in [-0.4, -0.2) is 15.0 Å². The van der Waals surface area contributed by atoms with Gasteiger partial charge in [-0.2, -0.15) is 0 Å². The molecule has 0 bridgehead atoms. The van der Waals surface area contributed by atoms with E-state index in [2.05, 4.69) is 158 Å². The van der Waals surface area contributed by atoms with E-state index in [0.717, 1.165) is 49.8 Å². The number of benzene rings is 8. The summed E-state index contributed by atoms with van der Waals surface area (Å²) in [6.07, 6.45) is 0. The molecule has 3 aromatic heterocycles. The lowest BCUT2D eigenvalue weighted by Gasteiger charge is -2.10. The number of aromatic nitrogens is 3. The molecule has 11 rings (SSSR count). The molecule has 262 valence electrons. The topological polar surface area (TPSA) is 51.8 Å². The Balaban J connectivity index is 1.05. The van der Waals surface area contributed by atoms with Crippen LogP contribution in [0.1, 0.15) is 0 Å². The van der Waals surface area contributed by atoms with Crippen LogP contribution in [0.4, 0.5) is 0 Å². The number of hydrogen-bond acceptors (Lipinski definition) is 5. The third kappa shape index (κ3) is 5.56. The number of rotatable bonds is 6. The fourth-order valence-electron chi connectivity index (χ4n) is 7.82. The van der Waals surface area contributed by atoms with Gasteiger partial charge < -0.3 is 4.42 Å². The average molecular weight is 734 g/mol. The zero-order valence-electron chi connectivity index (χ0n) is 30.1. The normalized spacial score (nSPS) is 11.6. The number of nitrogens with zero attached hydrogens (tertiary/aromatic N) is 3. The lowest BCUT2D eigenvalue weighted by Crippen LogP contribution is -2.00. The van der Waals surface area contributed by atoms with Gasteiger partial charge in [0.1, 0.15) is 11.2 Å². The van der Waals surface area contributed by atoms with Crippen LogP contribution in [-0.2, 0) is 0 Å². The Morgan fingerprint density at radius 2 is 0.911 bits per heavy atom. The van der Waals surface area contributed by atoms with Crippen LogP contribution in [0.2, 0.25) is 0 Å². The molecule has 0 radical (unpaired) electrons. The van der Waals surface area contributed by atoms with Crippen molar-refractivity contribution >= 4 is 53.4 Å². The Kier molecular flexibility index (Phi) is 7.64. The van der Waals surface area contributed by atoms with Crippen molar-refractivity contribution in [2.75, 3.05) is 0 Å². The summed E-state index contributed by atoms with van der Waals surface area (Å²) in [7, 11) is 0. The third-order valence-electron chi connectivity index (χ3n) is 10.6. The van der Waals surface area contributed by atoms with Crippen molar-refractivity contribution in [2.45, 2.75) is 0 Å². The van der Waals surface area contributed by atoms with Gasteiger partial charge in [-0.25, -0.2) is 15.0 Å². The molecule has 56 heavy (non-hydrogen) atoms. The fraction of sp³-hybridized carbons (Fsp3) is 0. The molecule has 0 amide bonds. The van der Waals surface area contributed by atoms with Crippen molar-refractivity contribution in [3.05, 3.63) is 188 Å². The van der Waals surface area contributed by atoms with Crippen LogP contribution in [0.5, 0.6) is 0 Å². The fourth-order valence-corrected chi connectivity index (χ4v) is 8.99. The number of furan rings is 1. The van der Waals surface area contributed by atoms with Crippen molar-refractivity contribution in [3.63, 3.8) is 0 Å². The second-order valence-corrected chi connectivity index (χ2v) is 15.1. The molecule has 5 heteroatoms. The van der Waals surface area contributed by atoms with Gasteiger partial charge in [0.05, 0.1) is 5.56 Å². The Morgan fingerprint density at radius 3 is 1.71 bits per heavy atom. The predicted molar refractivity (Wildman–Crippen MR) is 233 cm³/mol. The zero-order chi connectivity index (χ0) is 37.0. The first-order chi connectivity index (χ1) is 27.7. The van der Waals surface area contributed by atoms with Crippen LogP contribution in [0.15, 0.2) is 192 Å². The number of para-hydroxylation sites is 2. The van der Waals surface area contributed by atoms with Gasteiger partial charge in [-0.15, -0.1) is 11.3 Å². The van der Waals surface area contributed by atoms with Crippen molar-refractivity contribution in [1.29, 1.82) is 0 Å². The summed E-state index contributed by atoms with van der Waals surface area (Å²) in [4.78, 5) is 15.5. The summed E-state index contributed by atoms with van der Waals surface area (Å²) in [5.74, 6) is 1.78. The number of thiophene rings is 1. The van der Waals surface area contributed by atoms with Crippen LogP contribution < -0.4 is 0 Å². The number of hydrogen-bond donors (Lipinski definition) is 0. The number of fused-ring (bicyclic) bond motifs is 6. The second kappa shape index (κ2) is 13.3. The van der Waals surface area contributed by atoms with E-state index in [1.54, 1.807) is 11.3 Å². The summed E-state index contributed by atoms with van der Waals surface area (Å²) < 4.78 is 8.91. The molecular formula is C51H31N3OS. The van der Waals surface area contributed by atoms with Gasteiger partial charge in [0.15, 0.2) is 17.5 Å². The van der Waals surface area contributed by atoms with Crippen LogP contribution in [0.25, 0.3) is 110 Å². The molecule has 3 heterocycles. The van der Waals surface area contributed by atoms with Crippen LogP contribution in [0.3, 0.4) is 0 Å². The van der Waals surface area contributed by atoms with E-state index < -0.39 is 0 Å². The Bertz CT molecular complexity index is 3240. The molecule has 0 saturated carbocycles. The molecule has 11 aromatic rings. The van der Waals surface area contributed by atoms with Crippen LogP contribution >= 0.6 is 11.3 Å². The van der Waals surface area contributed by atoms with Gasteiger partial charge in [0.2, 0.25) is 0 Å². The van der Waals surface area contributed by atoms with E-state index in [0.29, 0.717) is 17.5 Å². The molecule has 0 spiro atoms. The third-order valence-corrected chi connectivity index (χ3v) is 11.7. The molecule has 0 N–H and O–H groups in total. The molecule has 0 aliphatic carbocycles. The maximum Gasteiger partial charge on any atom is 0.167 e. The monoisotopic (exact) mass is 733 g/mol. The summed E-state index contributed by atoms with van der Waals surface area (Å²) in [6, 6.07) is 65.7. The second-order valence-electron chi connectivity index (χ2n) is 14.0. The molecular weight excluding hydrogens is 703 g/mol. The predicted octanol–water partition coefficient (Wildman–Crippen LogP) is 14.1. The molecule has 0 fully saturated rings. The minimum Gasteiger partial charge on any atom is -0.455 e. The standard InChI is InChI=1S/C51H31N3OS/c1-3-12-32(13-4-1)36-16-9-17-37(30-36)33-24-26-35(27-25-33)49-52-50(54-51(53-49)43-21-10-20-41-40-18-7-8-22-44(40)55-48(41)43)38-28-29-42-46(31-38)56-45-23-11-19-39(47(42)45)34-14-5-2-6-15-34/h1-31H. The summed E-state index contributed by atoms with van der Waals surface area (Å²) in [6.45, 7) is 0. The highest BCUT2D eigenvalue weighted by Gasteiger charge is 2.19. The van der Waals surface area contributed by atoms with Gasteiger partial charge >= 0.3 is 0 Å². The van der Waals surface area contributed by atoms with Gasteiger partial charge in [0.25, 0.3) is 0 Å². The van der Waals surface area contributed by atoms with Gasteiger partial charge in [0, 0.05) is 42.1 Å². The van der Waals surface area contributed by atoms with E-state index in [4.69, 9.17) is 19.4 Å². The van der Waals surface area contributed by atoms with Crippen molar-refractivity contribution < 1.29 is 4.42 Å². The summed E-state index contributed by atoms with van der Waals surface area (Å²) in [5.41, 5.74) is 11.4. The van der Waals surface area contributed by atoms with E-state index in [9.17, 15) is 0 Å². The molecule has 8 aromatic carbocycles. The Morgan fingerprint density at radius 1 is 0.339 bits per heavy atom. The maximum atomic E-state index is 6.48. The average Bonchev–Trinajstić information content (AvgIpc) is 3.85. The lowest BCUT2D eigenvalue weighted by atomic mass is 9.98. The van der Waals surface area contributed by atoms with E-state index in [1.165, 1.54) is 42.4 Å². The summed E-state index contributed by atoms with van der Waals surface area (Å²) >= 11 is 1.80. The van der Waals surface area contributed by atoms with Crippen molar-refractivity contribution in [1.82, 2.24) is 15.0 Å². The van der Waals surface area contributed by atoms with Crippen molar-refractivity contribution in [2.24, 2.45) is 0 Å². The van der Waals surface area contributed by atoms with Gasteiger partial charge in [-0.3, -0.25) is 0 Å². The first kappa shape index (κ1) is 32.2. The maximum absolute atomic E-state index is 6.48. The van der Waals surface area contributed by atoms with Gasteiger partial charge in [-0.05, 0) is 63.7 Å². The van der Waals surface area contributed by atoms with Crippen LogP contribution in [0, 0.1) is 0 Å². The molecule has 0 saturated heterocycles. The highest BCUT2D eigenvalue weighted by atomic mass is 32.1. The van der Waals surface area contributed by atoms with E-state index in [1.807, 2.05) is 30.3 Å². The Hall–Kier alpha value is -7.21. The highest BCUT2D eigenvalue weighted by Crippen LogP contribution is 2.42. The molecule has 0 atom stereocenters. The minimum atomic E-state index is 0.567. The first-order valence-corrected chi connectivity index (χ1v) is 19.5. The quantitative estimate of drug-likeness (QED) is 0.171. The lowest BCUT2D eigenvalue weighted by molar-refractivity contribution is 0.669. The molecule has 4 nitrogen and oxygen atoms in total. The highest BCUT2D eigenvalue weighted by molar-refractivity contribution is 7.26. The van der Waals surface area contributed by atoms with E-state index in [-0.39, 0.29) is 0 Å². The molecule has 0 aliphatic heterocycles. The van der Waals surface area contributed by atoms with Crippen molar-refractivity contribution in [3.8, 4) is 67.5 Å². The molecule has 0 aliphatic rings. The smallest absolute Gasteiger partial charge is 0.167 e. The SMILES string of the molecule is c1ccc(-c2cccc(-c3ccc(-c4nc(-c5ccc6c(c5)sc5cccc(-c7ccccc7)c56)nc(-c5cccc6c5oc5ccccc56)n4)cc3)c2)cc1. The van der Waals surface area contributed by atoms with E-state index >= 15 is 0 Å². The largest absolute Gasteiger partial charge is 0.455 e. The zero-order valence-corrected chi connectivity index (χ0v) is 30.9.